The number of esters is 2. The molecule has 2 unspecified atom stereocenters. The van der Waals surface area contributed by atoms with Gasteiger partial charge < -0.3 is 14.6 Å². The van der Waals surface area contributed by atoms with E-state index in [-0.39, 0.29) is 43.1 Å². The maximum Gasteiger partial charge on any atom is 0.373 e. The second-order valence-corrected chi connectivity index (χ2v) is 3.48. The lowest BCUT2D eigenvalue weighted by Crippen LogP contribution is -2.13. The zero-order chi connectivity index (χ0) is 15.5. The second kappa shape index (κ2) is 9.23. The molecule has 0 bridgehead atoms. The topological polar surface area (TPSA) is 124 Å². The molecular formula is C12H12O8. The van der Waals surface area contributed by atoms with Crippen LogP contribution in [0.15, 0.2) is 24.8 Å². The first kappa shape index (κ1) is 17.3. The molecule has 2 aliphatic rings. The summed E-state index contributed by atoms with van der Waals surface area (Å²) in [6.07, 6.45) is 3.93. The average molecular weight is 284 g/mol. The van der Waals surface area contributed by atoms with Crippen LogP contribution in [0, 0.1) is 0 Å². The third-order valence-electron chi connectivity index (χ3n) is 2.09. The second-order valence-electron chi connectivity index (χ2n) is 3.48. The van der Waals surface area contributed by atoms with Gasteiger partial charge in [-0.05, 0) is 0 Å². The van der Waals surface area contributed by atoms with Gasteiger partial charge in [0.15, 0.2) is 0 Å². The molecule has 0 amide bonds. The molecule has 8 nitrogen and oxygen atoms in total. The van der Waals surface area contributed by atoms with Crippen LogP contribution in [0.4, 0.5) is 0 Å². The number of carboxylic acids is 1. The predicted molar refractivity (Wildman–Crippen MR) is 61.0 cm³/mol. The highest BCUT2D eigenvalue weighted by Crippen LogP contribution is 2.27. The number of ether oxygens (including phenoxy) is 2. The Hall–Kier alpha value is -2.73. The van der Waals surface area contributed by atoms with Crippen LogP contribution in [0.5, 0.6) is 0 Å². The fourth-order valence-corrected chi connectivity index (χ4v) is 1.41. The van der Waals surface area contributed by atoms with Crippen LogP contribution in [0.2, 0.25) is 0 Å². The molecule has 0 aromatic heterocycles. The van der Waals surface area contributed by atoms with Gasteiger partial charge in [0.1, 0.15) is 12.2 Å². The summed E-state index contributed by atoms with van der Waals surface area (Å²) in [5.74, 6) is -1.47. The highest BCUT2D eigenvalue weighted by Gasteiger charge is 2.44. The highest BCUT2D eigenvalue weighted by atomic mass is 16.6. The smallest absolute Gasteiger partial charge is 0.373 e. The molecule has 2 atom stereocenters. The molecule has 2 aliphatic heterocycles. The first-order valence-corrected chi connectivity index (χ1v) is 5.34. The summed E-state index contributed by atoms with van der Waals surface area (Å²) >= 11 is 0. The molecular weight excluding hydrogens is 272 g/mol. The summed E-state index contributed by atoms with van der Waals surface area (Å²) in [6, 6.07) is 0. The van der Waals surface area contributed by atoms with Crippen LogP contribution >= 0.6 is 0 Å². The third-order valence-corrected chi connectivity index (χ3v) is 2.09. The van der Waals surface area contributed by atoms with E-state index in [4.69, 9.17) is 24.2 Å². The van der Waals surface area contributed by atoms with E-state index >= 15 is 0 Å². The SMILES string of the molecule is C=C/C=C\C(=O)O.O=C1CC2OC(=O)CC2O1.O=C=O. The first-order chi connectivity index (χ1) is 9.44. The maximum absolute atomic E-state index is 10.5. The molecule has 108 valence electrons. The summed E-state index contributed by atoms with van der Waals surface area (Å²) < 4.78 is 9.54. The van der Waals surface area contributed by atoms with E-state index in [2.05, 4.69) is 6.58 Å². The van der Waals surface area contributed by atoms with E-state index in [1.807, 2.05) is 0 Å². The van der Waals surface area contributed by atoms with E-state index in [0.29, 0.717) is 0 Å². The van der Waals surface area contributed by atoms with Crippen molar-refractivity contribution in [2.45, 2.75) is 25.0 Å². The van der Waals surface area contributed by atoms with Gasteiger partial charge in [-0.2, -0.15) is 9.59 Å². The minimum atomic E-state index is -0.945. The number of rotatable bonds is 2. The minimum Gasteiger partial charge on any atom is -0.478 e. The van der Waals surface area contributed by atoms with Gasteiger partial charge in [-0.1, -0.05) is 18.7 Å². The van der Waals surface area contributed by atoms with Gasteiger partial charge in [-0.25, -0.2) is 4.79 Å². The lowest BCUT2D eigenvalue weighted by Gasteiger charge is -2.00. The molecule has 2 rings (SSSR count). The summed E-state index contributed by atoms with van der Waals surface area (Å²) in [7, 11) is 0. The maximum atomic E-state index is 10.5. The van der Waals surface area contributed by atoms with Gasteiger partial charge in [0.05, 0.1) is 12.8 Å². The molecule has 20 heavy (non-hydrogen) atoms. The van der Waals surface area contributed by atoms with E-state index in [1.54, 1.807) is 0 Å². The molecule has 0 spiro atoms. The standard InChI is InChI=1S/C6H6O4.C5H6O2.CO2/c7-5-1-3-4(10-5)2-6(8)9-3;1-2-3-4-5(6)7;2-1-3/h3-4H,1-2H2;2-4H,1H2,(H,6,7);/b;4-3-;. The van der Waals surface area contributed by atoms with Crippen molar-refractivity contribution in [3.8, 4) is 0 Å². The van der Waals surface area contributed by atoms with Gasteiger partial charge in [0.2, 0.25) is 0 Å². The van der Waals surface area contributed by atoms with Crippen LogP contribution in [0.25, 0.3) is 0 Å². The molecule has 1 N–H and O–H groups in total. The first-order valence-electron chi connectivity index (χ1n) is 5.34. The summed E-state index contributed by atoms with van der Waals surface area (Å²) in [4.78, 5) is 47.0. The average Bonchev–Trinajstić information content (AvgIpc) is 2.83. The Morgan fingerprint density at radius 1 is 1.20 bits per heavy atom. The zero-order valence-corrected chi connectivity index (χ0v) is 10.3. The van der Waals surface area contributed by atoms with Crippen molar-refractivity contribution < 1.29 is 38.6 Å². The van der Waals surface area contributed by atoms with Crippen LogP contribution in [-0.4, -0.2) is 41.4 Å². The number of hydrogen-bond acceptors (Lipinski definition) is 7. The van der Waals surface area contributed by atoms with Gasteiger partial charge >= 0.3 is 24.1 Å². The van der Waals surface area contributed by atoms with Crippen molar-refractivity contribution in [2.24, 2.45) is 0 Å². The van der Waals surface area contributed by atoms with Crippen LogP contribution in [-0.2, 0) is 33.4 Å². The molecule has 0 radical (unpaired) electrons. The molecule has 0 aromatic rings. The largest absolute Gasteiger partial charge is 0.478 e. The number of hydrogen-bond donors (Lipinski definition) is 1. The molecule has 2 heterocycles. The Balaban J connectivity index is 0.000000319. The van der Waals surface area contributed by atoms with Crippen molar-refractivity contribution >= 4 is 24.1 Å². The van der Waals surface area contributed by atoms with Crippen molar-refractivity contribution in [2.75, 3.05) is 0 Å². The lowest BCUT2D eigenvalue weighted by atomic mass is 10.2. The Kier molecular flexibility index (Phi) is 7.97. The third kappa shape index (κ3) is 6.87. The van der Waals surface area contributed by atoms with E-state index in [0.717, 1.165) is 6.08 Å². The fourth-order valence-electron chi connectivity index (χ4n) is 1.41. The monoisotopic (exact) mass is 284 g/mol. The van der Waals surface area contributed by atoms with E-state index < -0.39 is 5.97 Å². The fraction of sp³-hybridized carbons (Fsp3) is 0.333. The number of carbonyl (C=O) groups excluding carboxylic acids is 4. The highest BCUT2D eigenvalue weighted by molar-refractivity contribution is 5.80. The molecule has 2 fully saturated rings. The Bertz CT molecular complexity index is 406. The van der Waals surface area contributed by atoms with E-state index in [1.165, 1.54) is 12.2 Å². The normalized spacial score (nSPS) is 22.2. The molecule has 8 heteroatoms. The predicted octanol–water partition coefficient (Wildman–Crippen LogP) is -0.153. The van der Waals surface area contributed by atoms with Gasteiger partial charge in [0.25, 0.3) is 0 Å². The summed E-state index contributed by atoms with van der Waals surface area (Å²) in [5.41, 5.74) is 0. The zero-order valence-electron chi connectivity index (χ0n) is 10.3. The number of aliphatic carboxylic acids is 1. The van der Waals surface area contributed by atoms with Crippen LogP contribution < -0.4 is 0 Å². The Labute approximate surface area is 113 Å². The number of carboxylic acid groups (broad SMARTS) is 1. The lowest BCUT2D eigenvalue weighted by molar-refractivity contribution is -0.191. The quantitative estimate of drug-likeness (QED) is 0.421. The number of carbonyl (C=O) groups is 3. The van der Waals surface area contributed by atoms with Gasteiger partial charge in [-0.15, -0.1) is 0 Å². The van der Waals surface area contributed by atoms with Gasteiger partial charge in [0, 0.05) is 6.08 Å². The van der Waals surface area contributed by atoms with Crippen molar-refractivity contribution in [3.05, 3.63) is 24.8 Å². The van der Waals surface area contributed by atoms with Gasteiger partial charge in [-0.3, -0.25) is 9.59 Å². The Morgan fingerprint density at radius 2 is 1.60 bits per heavy atom. The Morgan fingerprint density at radius 3 is 1.85 bits per heavy atom. The van der Waals surface area contributed by atoms with Crippen LogP contribution in [0.1, 0.15) is 12.8 Å². The molecule has 2 saturated heterocycles. The van der Waals surface area contributed by atoms with Crippen LogP contribution in [0.3, 0.4) is 0 Å². The minimum absolute atomic E-state index is 0.233. The summed E-state index contributed by atoms with van der Waals surface area (Å²) in [6.45, 7) is 3.28. The number of fused-ring (bicyclic) bond motifs is 1. The molecule has 0 aliphatic carbocycles. The summed E-state index contributed by atoms with van der Waals surface area (Å²) in [5, 5.41) is 7.91. The van der Waals surface area contributed by atoms with Crippen molar-refractivity contribution in [1.29, 1.82) is 0 Å². The van der Waals surface area contributed by atoms with Crippen molar-refractivity contribution in [3.63, 3.8) is 0 Å². The van der Waals surface area contributed by atoms with Crippen molar-refractivity contribution in [1.82, 2.24) is 0 Å². The number of allylic oxidation sites excluding steroid dienone is 2. The molecule has 0 aromatic carbocycles. The van der Waals surface area contributed by atoms with E-state index in [9.17, 15) is 14.4 Å². The molecule has 0 saturated carbocycles.